The molecular formula is C18H13Cl2F2N3O2. The molecule has 27 heavy (non-hydrogen) atoms. The molecular weight excluding hydrogens is 399 g/mol. The lowest BCUT2D eigenvalue weighted by atomic mass is 10.1. The third-order valence-corrected chi connectivity index (χ3v) is 4.14. The van der Waals surface area contributed by atoms with Crippen LogP contribution in [-0.2, 0) is 6.54 Å². The first-order valence-electron chi connectivity index (χ1n) is 7.74. The van der Waals surface area contributed by atoms with Crippen LogP contribution in [0.5, 0.6) is 5.75 Å². The lowest BCUT2D eigenvalue weighted by Crippen LogP contribution is -2.12. The van der Waals surface area contributed by atoms with Crippen molar-refractivity contribution in [2.45, 2.75) is 13.2 Å². The summed E-state index contributed by atoms with van der Waals surface area (Å²) in [5.41, 5.74) is 1.66. The monoisotopic (exact) mass is 411 g/mol. The first-order valence-corrected chi connectivity index (χ1v) is 8.49. The van der Waals surface area contributed by atoms with Crippen LogP contribution < -0.4 is 10.1 Å². The number of carbonyl (C=O) groups excluding carboxylic acids is 1. The molecule has 2 aromatic carbocycles. The molecule has 3 aromatic rings. The van der Waals surface area contributed by atoms with Crippen molar-refractivity contribution in [1.82, 2.24) is 9.78 Å². The molecule has 9 heteroatoms. The van der Waals surface area contributed by atoms with E-state index in [0.29, 0.717) is 12.1 Å². The molecule has 0 aliphatic rings. The largest absolute Gasteiger partial charge is 0.432 e. The van der Waals surface area contributed by atoms with Gasteiger partial charge < -0.3 is 10.1 Å². The molecule has 0 fully saturated rings. The van der Waals surface area contributed by atoms with Gasteiger partial charge >= 0.3 is 6.61 Å². The van der Waals surface area contributed by atoms with Crippen molar-refractivity contribution in [2.75, 3.05) is 5.32 Å². The van der Waals surface area contributed by atoms with E-state index in [2.05, 4.69) is 15.2 Å². The number of aromatic nitrogens is 2. The number of nitrogens with one attached hydrogen (secondary N) is 1. The van der Waals surface area contributed by atoms with Gasteiger partial charge in [-0.1, -0.05) is 35.3 Å². The summed E-state index contributed by atoms with van der Waals surface area (Å²) in [4.78, 5) is 12.4. The molecule has 0 radical (unpaired) electrons. The van der Waals surface area contributed by atoms with E-state index in [-0.39, 0.29) is 21.5 Å². The molecule has 1 heterocycles. The lowest BCUT2D eigenvalue weighted by molar-refractivity contribution is -0.0497. The van der Waals surface area contributed by atoms with Crippen LogP contribution in [0.2, 0.25) is 10.0 Å². The number of hydrogen-bond donors (Lipinski definition) is 1. The number of halogens is 4. The lowest BCUT2D eigenvalue weighted by Gasteiger charge is -2.12. The van der Waals surface area contributed by atoms with E-state index in [0.717, 1.165) is 5.56 Å². The molecule has 0 aliphatic carbocycles. The predicted octanol–water partition coefficient (Wildman–Crippen LogP) is 5.09. The van der Waals surface area contributed by atoms with E-state index in [1.54, 1.807) is 23.0 Å². The number of anilines is 1. The fourth-order valence-electron chi connectivity index (χ4n) is 2.38. The molecule has 0 bridgehead atoms. The molecule has 1 aromatic heterocycles. The van der Waals surface area contributed by atoms with Crippen molar-refractivity contribution in [3.63, 3.8) is 0 Å². The van der Waals surface area contributed by atoms with Gasteiger partial charge in [-0.25, -0.2) is 0 Å². The molecule has 0 aliphatic heterocycles. The highest BCUT2D eigenvalue weighted by molar-refractivity contribution is 6.37. The maximum atomic E-state index is 12.4. The van der Waals surface area contributed by atoms with Gasteiger partial charge in [-0.2, -0.15) is 13.9 Å². The van der Waals surface area contributed by atoms with Gasteiger partial charge in [0.1, 0.15) is 0 Å². The van der Waals surface area contributed by atoms with Crippen molar-refractivity contribution in [2.24, 2.45) is 0 Å². The fraction of sp³-hybridized carbons (Fsp3) is 0.111. The quantitative estimate of drug-likeness (QED) is 0.614. The minimum absolute atomic E-state index is 0.132. The summed E-state index contributed by atoms with van der Waals surface area (Å²) in [6.07, 6.45) is 3.53. The summed E-state index contributed by atoms with van der Waals surface area (Å²) < 4.78 is 30.7. The highest BCUT2D eigenvalue weighted by Crippen LogP contribution is 2.37. The van der Waals surface area contributed by atoms with Crippen LogP contribution in [0, 0.1) is 0 Å². The van der Waals surface area contributed by atoms with Crippen molar-refractivity contribution in [1.29, 1.82) is 0 Å². The Morgan fingerprint density at radius 2 is 1.85 bits per heavy atom. The normalized spacial score (nSPS) is 10.9. The summed E-state index contributed by atoms with van der Waals surface area (Å²) in [5.74, 6) is -0.732. The molecule has 0 saturated carbocycles. The number of alkyl halides is 2. The first kappa shape index (κ1) is 19.1. The minimum atomic E-state index is -3.05. The fourth-order valence-corrected chi connectivity index (χ4v) is 2.96. The Morgan fingerprint density at radius 1 is 1.19 bits per heavy atom. The van der Waals surface area contributed by atoms with Crippen LogP contribution in [0.1, 0.15) is 15.9 Å². The van der Waals surface area contributed by atoms with Gasteiger partial charge in [0.2, 0.25) is 0 Å². The average Bonchev–Trinajstić information content (AvgIpc) is 3.11. The number of benzene rings is 2. The highest BCUT2D eigenvalue weighted by atomic mass is 35.5. The van der Waals surface area contributed by atoms with E-state index in [1.165, 1.54) is 12.1 Å². The van der Waals surface area contributed by atoms with Gasteiger partial charge in [0.05, 0.1) is 16.6 Å². The van der Waals surface area contributed by atoms with E-state index in [4.69, 9.17) is 23.2 Å². The number of amides is 1. The van der Waals surface area contributed by atoms with Crippen LogP contribution in [0.4, 0.5) is 14.5 Å². The van der Waals surface area contributed by atoms with Crippen LogP contribution in [-0.4, -0.2) is 22.3 Å². The zero-order valence-electron chi connectivity index (χ0n) is 13.7. The second-order valence-corrected chi connectivity index (χ2v) is 6.32. The molecule has 140 valence electrons. The second kappa shape index (κ2) is 8.37. The SMILES string of the molecule is O=C(Nc1cc(Cl)c(OC(F)F)c(Cl)c1)c1ccc(Cn2cccn2)cc1. The van der Waals surface area contributed by atoms with E-state index in [1.807, 2.05) is 24.4 Å². The standard InChI is InChI=1S/C18H13Cl2F2N3O2/c19-14-8-13(9-15(20)16(14)27-18(21)22)24-17(26)12-4-2-11(3-5-12)10-25-7-1-6-23-25/h1-9,18H,10H2,(H,24,26). The van der Waals surface area contributed by atoms with Crippen molar-refractivity contribution < 1.29 is 18.3 Å². The topological polar surface area (TPSA) is 56.1 Å². The Bertz CT molecular complexity index is 909. The Balaban J connectivity index is 1.69. The second-order valence-electron chi connectivity index (χ2n) is 5.50. The third kappa shape index (κ3) is 4.96. The van der Waals surface area contributed by atoms with Crippen LogP contribution >= 0.6 is 23.2 Å². The smallest absolute Gasteiger partial charge is 0.387 e. The van der Waals surface area contributed by atoms with Gasteiger partial charge in [0, 0.05) is 23.6 Å². The number of nitrogens with zero attached hydrogens (tertiary/aromatic N) is 2. The van der Waals surface area contributed by atoms with Gasteiger partial charge in [-0.05, 0) is 35.9 Å². The molecule has 0 atom stereocenters. The van der Waals surface area contributed by atoms with E-state index in [9.17, 15) is 13.6 Å². The summed E-state index contributed by atoms with van der Waals surface area (Å²) in [5, 5.41) is 6.47. The average molecular weight is 412 g/mol. The maximum absolute atomic E-state index is 12.4. The first-order chi connectivity index (χ1) is 12.9. The van der Waals surface area contributed by atoms with Gasteiger partial charge in [0.15, 0.2) is 5.75 Å². The van der Waals surface area contributed by atoms with Crippen molar-refractivity contribution in [3.8, 4) is 5.75 Å². The van der Waals surface area contributed by atoms with Crippen LogP contribution in [0.3, 0.4) is 0 Å². The molecule has 1 N–H and O–H groups in total. The van der Waals surface area contributed by atoms with Crippen molar-refractivity contribution >= 4 is 34.8 Å². The maximum Gasteiger partial charge on any atom is 0.387 e. The molecule has 3 rings (SSSR count). The minimum Gasteiger partial charge on any atom is -0.432 e. The van der Waals surface area contributed by atoms with E-state index >= 15 is 0 Å². The summed E-state index contributed by atoms with van der Waals surface area (Å²) in [7, 11) is 0. The Hall–Kier alpha value is -2.64. The number of rotatable bonds is 6. The zero-order valence-corrected chi connectivity index (χ0v) is 15.2. The molecule has 1 amide bonds. The molecule has 5 nitrogen and oxygen atoms in total. The molecule has 0 spiro atoms. The number of hydrogen-bond acceptors (Lipinski definition) is 3. The Labute approximate surface area is 163 Å². The van der Waals surface area contributed by atoms with Crippen LogP contribution in [0.25, 0.3) is 0 Å². The van der Waals surface area contributed by atoms with Crippen molar-refractivity contribution in [3.05, 3.63) is 76.0 Å². The zero-order chi connectivity index (χ0) is 19.4. The number of carbonyl (C=O) groups is 1. The summed E-state index contributed by atoms with van der Waals surface area (Å²) in [6.45, 7) is -2.47. The van der Waals surface area contributed by atoms with E-state index < -0.39 is 12.5 Å². The Kier molecular flexibility index (Phi) is 5.93. The summed E-state index contributed by atoms with van der Waals surface area (Å²) in [6, 6.07) is 11.4. The third-order valence-electron chi connectivity index (χ3n) is 3.58. The Morgan fingerprint density at radius 3 is 2.41 bits per heavy atom. The van der Waals surface area contributed by atoms with Gasteiger partial charge in [0.25, 0.3) is 5.91 Å². The highest BCUT2D eigenvalue weighted by Gasteiger charge is 2.15. The summed E-state index contributed by atoms with van der Waals surface area (Å²) >= 11 is 11.8. The van der Waals surface area contributed by atoms with Gasteiger partial charge in [-0.15, -0.1) is 0 Å². The van der Waals surface area contributed by atoms with Gasteiger partial charge in [-0.3, -0.25) is 9.48 Å². The molecule has 0 saturated heterocycles. The predicted molar refractivity (Wildman–Crippen MR) is 98.8 cm³/mol. The van der Waals surface area contributed by atoms with Crippen LogP contribution in [0.15, 0.2) is 54.9 Å². The molecule has 0 unspecified atom stereocenters. The number of ether oxygens (including phenoxy) is 1.